The smallest absolute Gasteiger partial charge is 0.0201 e. The van der Waals surface area contributed by atoms with Crippen LogP contribution in [0.1, 0.15) is 58.8 Å². The molecule has 1 N–H and O–H groups in total. The summed E-state index contributed by atoms with van der Waals surface area (Å²) < 4.78 is 0. The number of fused-ring (bicyclic) bond motifs is 1. The molecule has 2 aliphatic heterocycles. The van der Waals surface area contributed by atoms with E-state index in [0.29, 0.717) is 0 Å². The molecule has 0 aromatic carbocycles. The highest BCUT2D eigenvalue weighted by atomic mass is 15.2. The first-order valence-electron chi connectivity index (χ1n) is 8.24. The summed E-state index contributed by atoms with van der Waals surface area (Å²) in [7, 11) is 0. The van der Waals surface area contributed by atoms with Gasteiger partial charge in [0.15, 0.2) is 0 Å². The maximum absolute atomic E-state index is 3.94. The third-order valence-corrected chi connectivity index (χ3v) is 5.58. The second kappa shape index (κ2) is 5.50. The lowest BCUT2D eigenvalue weighted by atomic mass is 9.85. The van der Waals surface area contributed by atoms with Gasteiger partial charge in [-0.2, -0.15) is 0 Å². The van der Waals surface area contributed by atoms with E-state index in [1.807, 2.05) is 0 Å². The minimum Gasteiger partial charge on any atom is -0.310 e. The molecule has 1 saturated carbocycles. The van der Waals surface area contributed by atoms with E-state index in [9.17, 15) is 0 Å². The van der Waals surface area contributed by atoms with Crippen LogP contribution < -0.4 is 5.32 Å². The fourth-order valence-corrected chi connectivity index (χ4v) is 4.69. The molecule has 1 aliphatic carbocycles. The number of hydrogen-bond donors (Lipinski definition) is 1. The zero-order chi connectivity index (χ0) is 12.5. The Hall–Kier alpha value is -0.0800. The topological polar surface area (TPSA) is 15.3 Å². The molecule has 2 saturated heterocycles. The monoisotopic (exact) mass is 250 g/mol. The van der Waals surface area contributed by atoms with Crippen molar-refractivity contribution in [3.05, 3.63) is 0 Å². The quantitative estimate of drug-likeness (QED) is 0.828. The van der Waals surface area contributed by atoms with Gasteiger partial charge in [-0.15, -0.1) is 0 Å². The molecule has 3 fully saturated rings. The molecule has 2 heterocycles. The van der Waals surface area contributed by atoms with Crippen LogP contribution >= 0.6 is 0 Å². The van der Waals surface area contributed by atoms with Gasteiger partial charge in [0.05, 0.1) is 0 Å². The summed E-state index contributed by atoms with van der Waals surface area (Å²) in [6.45, 7) is 7.45. The van der Waals surface area contributed by atoms with Crippen LogP contribution in [-0.4, -0.2) is 36.1 Å². The molecule has 0 aromatic heterocycles. The Morgan fingerprint density at radius 2 is 1.94 bits per heavy atom. The molecule has 104 valence electrons. The molecule has 0 bridgehead atoms. The van der Waals surface area contributed by atoms with E-state index < -0.39 is 0 Å². The molecule has 2 nitrogen and oxygen atoms in total. The molecule has 18 heavy (non-hydrogen) atoms. The Kier molecular flexibility index (Phi) is 3.95. The maximum atomic E-state index is 3.94. The summed E-state index contributed by atoms with van der Waals surface area (Å²) in [6, 6.07) is 2.51. The fourth-order valence-electron chi connectivity index (χ4n) is 4.69. The number of likely N-dealkylation sites (tertiary alicyclic amines) is 1. The summed E-state index contributed by atoms with van der Waals surface area (Å²) in [5, 5.41) is 3.94. The summed E-state index contributed by atoms with van der Waals surface area (Å²) in [5.74, 6) is 1.83. The summed E-state index contributed by atoms with van der Waals surface area (Å²) in [5.41, 5.74) is 0. The molecule has 4 unspecified atom stereocenters. The number of nitrogens with zero attached hydrogens (tertiary/aromatic N) is 1. The Morgan fingerprint density at radius 1 is 1.11 bits per heavy atom. The Balaban J connectivity index is 1.54. The normalized spacial score (nSPS) is 41.5. The predicted molar refractivity (Wildman–Crippen MR) is 76.7 cm³/mol. The van der Waals surface area contributed by atoms with Crippen LogP contribution in [0.15, 0.2) is 0 Å². The standard InChI is InChI=1S/C16H30N2/c1-12(2)16-8-5-9-18(16)11-14-10-13-6-3-4-7-15(13)17-14/h12-17H,3-11H2,1-2H3. The van der Waals surface area contributed by atoms with Gasteiger partial charge in [-0.3, -0.25) is 4.90 Å². The first-order valence-corrected chi connectivity index (χ1v) is 8.24. The molecule has 3 aliphatic rings. The van der Waals surface area contributed by atoms with Crippen LogP contribution in [0, 0.1) is 11.8 Å². The molecule has 0 amide bonds. The van der Waals surface area contributed by atoms with Crippen molar-refractivity contribution < 1.29 is 0 Å². The summed E-state index contributed by atoms with van der Waals surface area (Å²) in [4.78, 5) is 2.78. The van der Waals surface area contributed by atoms with E-state index in [2.05, 4.69) is 24.1 Å². The van der Waals surface area contributed by atoms with Crippen LogP contribution in [0.3, 0.4) is 0 Å². The van der Waals surface area contributed by atoms with Gasteiger partial charge in [0.1, 0.15) is 0 Å². The van der Waals surface area contributed by atoms with Crippen LogP contribution in [0.5, 0.6) is 0 Å². The van der Waals surface area contributed by atoms with E-state index in [1.54, 1.807) is 0 Å². The molecule has 0 aromatic rings. The lowest BCUT2D eigenvalue weighted by Crippen LogP contribution is -2.43. The fraction of sp³-hybridized carbons (Fsp3) is 1.00. The van der Waals surface area contributed by atoms with E-state index >= 15 is 0 Å². The Labute approximate surface area is 113 Å². The minimum absolute atomic E-state index is 0.789. The minimum atomic E-state index is 0.789. The van der Waals surface area contributed by atoms with Crippen molar-refractivity contribution in [2.45, 2.75) is 76.9 Å². The van der Waals surface area contributed by atoms with Crippen molar-refractivity contribution in [1.82, 2.24) is 10.2 Å². The second-order valence-corrected chi connectivity index (χ2v) is 7.20. The van der Waals surface area contributed by atoms with Crippen molar-refractivity contribution in [1.29, 1.82) is 0 Å². The molecule has 0 spiro atoms. The van der Waals surface area contributed by atoms with E-state index in [-0.39, 0.29) is 0 Å². The average Bonchev–Trinajstić information content (AvgIpc) is 2.94. The first kappa shape index (κ1) is 12.9. The summed E-state index contributed by atoms with van der Waals surface area (Å²) >= 11 is 0. The van der Waals surface area contributed by atoms with Crippen LogP contribution in [0.4, 0.5) is 0 Å². The summed E-state index contributed by atoms with van der Waals surface area (Å²) in [6.07, 6.45) is 10.2. The Morgan fingerprint density at radius 3 is 2.72 bits per heavy atom. The zero-order valence-corrected chi connectivity index (χ0v) is 12.2. The van der Waals surface area contributed by atoms with Gasteiger partial charge in [-0.25, -0.2) is 0 Å². The van der Waals surface area contributed by atoms with Gasteiger partial charge >= 0.3 is 0 Å². The SMILES string of the molecule is CC(C)C1CCCN1CC1CC2CCCCC2N1. The Bertz CT molecular complexity index is 262. The number of rotatable bonds is 3. The second-order valence-electron chi connectivity index (χ2n) is 7.20. The lowest BCUT2D eigenvalue weighted by Gasteiger charge is -2.30. The van der Waals surface area contributed by atoms with Crippen LogP contribution in [0.2, 0.25) is 0 Å². The van der Waals surface area contributed by atoms with Gasteiger partial charge in [-0.05, 0) is 50.5 Å². The molecule has 2 heteroatoms. The zero-order valence-electron chi connectivity index (χ0n) is 12.2. The lowest BCUT2D eigenvalue weighted by molar-refractivity contribution is 0.189. The maximum Gasteiger partial charge on any atom is 0.0201 e. The average molecular weight is 250 g/mol. The van der Waals surface area contributed by atoms with Crippen LogP contribution in [0.25, 0.3) is 0 Å². The highest BCUT2D eigenvalue weighted by Gasteiger charge is 2.37. The van der Waals surface area contributed by atoms with Gasteiger partial charge < -0.3 is 5.32 Å². The van der Waals surface area contributed by atoms with E-state index in [1.165, 1.54) is 58.0 Å². The van der Waals surface area contributed by atoms with E-state index in [0.717, 1.165) is 30.0 Å². The van der Waals surface area contributed by atoms with Crippen molar-refractivity contribution in [2.24, 2.45) is 11.8 Å². The molecule has 3 rings (SSSR count). The van der Waals surface area contributed by atoms with E-state index in [4.69, 9.17) is 0 Å². The van der Waals surface area contributed by atoms with Gasteiger partial charge in [0, 0.05) is 24.7 Å². The molecule has 0 radical (unpaired) electrons. The van der Waals surface area contributed by atoms with Gasteiger partial charge in [0.25, 0.3) is 0 Å². The highest BCUT2D eigenvalue weighted by Crippen LogP contribution is 2.34. The van der Waals surface area contributed by atoms with Crippen molar-refractivity contribution in [2.75, 3.05) is 13.1 Å². The van der Waals surface area contributed by atoms with Crippen molar-refractivity contribution in [3.63, 3.8) is 0 Å². The van der Waals surface area contributed by atoms with Gasteiger partial charge in [-0.1, -0.05) is 26.7 Å². The van der Waals surface area contributed by atoms with Crippen LogP contribution in [-0.2, 0) is 0 Å². The third-order valence-electron chi connectivity index (χ3n) is 5.58. The largest absolute Gasteiger partial charge is 0.310 e. The molecular weight excluding hydrogens is 220 g/mol. The van der Waals surface area contributed by atoms with Gasteiger partial charge in [0.2, 0.25) is 0 Å². The molecular formula is C16H30N2. The van der Waals surface area contributed by atoms with Crippen molar-refractivity contribution >= 4 is 0 Å². The highest BCUT2D eigenvalue weighted by molar-refractivity contribution is 4.95. The third kappa shape index (κ3) is 2.60. The predicted octanol–water partition coefficient (Wildman–Crippen LogP) is 3.03. The molecule has 4 atom stereocenters. The van der Waals surface area contributed by atoms with Crippen molar-refractivity contribution in [3.8, 4) is 0 Å². The number of hydrogen-bond acceptors (Lipinski definition) is 2. The first-order chi connectivity index (χ1) is 8.74. The number of nitrogens with one attached hydrogen (secondary N) is 1.